The van der Waals surface area contributed by atoms with Crippen LogP contribution in [0.15, 0.2) is 47.5 Å². The van der Waals surface area contributed by atoms with Crippen LogP contribution >= 0.6 is 11.6 Å². The molecule has 0 aliphatic carbocycles. The molecule has 21 heavy (non-hydrogen) atoms. The summed E-state index contributed by atoms with van der Waals surface area (Å²) in [6.07, 6.45) is 2.68. The number of carbonyl (C=O) groups is 1. The summed E-state index contributed by atoms with van der Waals surface area (Å²) in [5.74, 6) is -0.387. The lowest BCUT2D eigenvalue weighted by molar-refractivity contribution is 0.0950. The molecular formula is C14H13ClN2O3S. The summed E-state index contributed by atoms with van der Waals surface area (Å²) in [6, 6.07) is 9.52. The number of nitrogens with zero attached hydrogens (tertiary/aromatic N) is 1. The molecule has 0 fully saturated rings. The third-order valence-corrected chi connectivity index (χ3v) is 4.33. The second-order valence-electron chi connectivity index (χ2n) is 4.42. The topological polar surface area (TPSA) is 76.1 Å². The Labute approximate surface area is 127 Å². The third-order valence-electron chi connectivity index (χ3n) is 2.75. The highest BCUT2D eigenvalue weighted by molar-refractivity contribution is 7.90. The smallest absolute Gasteiger partial charge is 0.251 e. The standard InChI is InChI=1S/C14H13ClN2O3S/c1-21(19,20)13-8-10(5-6-12(13)15)14(18)17-9-11-4-2-3-7-16-11/h2-8H,9H2,1H3,(H,17,18). The van der Waals surface area contributed by atoms with Crippen LogP contribution in [0.1, 0.15) is 16.1 Å². The van der Waals surface area contributed by atoms with Crippen molar-refractivity contribution >= 4 is 27.3 Å². The summed E-state index contributed by atoms with van der Waals surface area (Å²) in [7, 11) is -3.48. The fourth-order valence-electron chi connectivity index (χ4n) is 1.70. The molecule has 0 radical (unpaired) electrons. The second-order valence-corrected chi connectivity index (χ2v) is 6.81. The first-order valence-corrected chi connectivity index (χ1v) is 8.32. The summed E-state index contributed by atoms with van der Waals surface area (Å²) in [6.45, 7) is 0.260. The summed E-state index contributed by atoms with van der Waals surface area (Å²) in [5.41, 5.74) is 0.943. The summed E-state index contributed by atoms with van der Waals surface area (Å²) < 4.78 is 23.2. The maximum Gasteiger partial charge on any atom is 0.251 e. The molecule has 1 aromatic heterocycles. The van der Waals surface area contributed by atoms with Crippen LogP contribution in [-0.2, 0) is 16.4 Å². The number of rotatable bonds is 4. The monoisotopic (exact) mass is 324 g/mol. The van der Waals surface area contributed by atoms with Crippen LogP contribution in [0.5, 0.6) is 0 Å². The fraction of sp³-hybridized carbons (Fsp3) is 0.143. The molecule has 2 rings (SSSR count). The minimum Gasteiger partial charge on any atom is -0.346 e. The molecular weight excluding hydrogens is 312 g/mol. The molecule has 5 nitrogen and oxygen atoms in total. The van der Waals surface area contributed by atoms with Crippen LogP contribution in [0, 0.1) is 0 Å². The van der Waals surface area contributed by atoms with E-state index in [0.717, 1.165) is 6.26 Å². The van der Waals surface area contributed by atoms with Gasteiger partial charge in [0.1, 0.15) is 0 Å². The van der Waals surface area contributed by atoms with E-state index in [9.17, 15) is 13.2 Å². The van der Waals surface area contributed by atoms with Gasteiger partial charge in [-0.05, 0) is 30.3 Å². The van der Waals surface area contributed by atoms with E-state index in [1.165, 1.54) is 18.2 Å². The van der Waals surface area contributed by atoms with Crippen LogP contribution in [0.2, 0.25) is 5.02 Å². The number of benzene rings is 1. The molecule has 0 aliphatic heterocycles. The van der Waals surface area contributed by atoms with Gasteiger partial charge in [0.2, 0.25) is 0 Å². The van der Waals surface area contributed by atoms with Crippen molar-refractivity contribution < 1.29 is 13.2 Å². The van der Waals surface area contributed by atoms with Crippen LogP contribution in [0.25, 0.3) is 0 Å². The Morgan fingerprint density at radius 3 is 2.67 bits per heavy atom. The molecule has 0 bridgehead atoms. The minimum absolute atomic E-state index is 0.0605. The van der Waals surface area contributed by atoms with E-state index in [0.29, 0.717) is 5.69 Å². The van der Waals surface area contributed by atoms with Gasteiger partial charge in [0, 0.05) is 18.0 Å². The van der Waals surface area contributed by atoms with Crippen molar-refractivity contribution in [1.29, 1.82) is 0 Å². The maximum atomic E-state index is 12.0. The van der Waals surface area contributed by atoms with Gasteiger partial charge in [-0.3, -0.25) is 9.78 Å². The first kappa shape index (κ1) is 15.5. The molecule has 0 spiro atoms. The minimum atomic E-state index is -3.48. The van der Waals surface area contributed by atoms with Gasteiger partial charge in [-0.15, -0.1) is 0 Å². The first-order valence-electron chi connectivity index (χ1n) is 6.05. The first-order chi connectivity index (χ1) is 9.88. The highest BCUT2D eigenvalue weighted by atomic mass is 35.5. The van der Waals surface area contributed by atoms with Crippen LogP contribution < -0.4 is 5.32 Å². The van der Waals surface area contributed by atoms with E-state index >= 15 is 0 Å². The normalized spacial score (nSPS) is 11.1. The number of amides is 1. The number of aromatic nitrogens is 1. The number of sulfone groups is 1. The van der Waals surface area contributed by atoms with Crippen molar-refractivity contribution in [3.8, 4) is 0 Å². The lowest BCUT2D eigenvalue weighted by Crippen LogP contribution is -2.23. The summed E-state index contributed by atoms with van der Waals surface area (Å²) >= 11 is 5.84. The number of pyridine rings is 1. The van der Waals surface area contributed by atoms with E-state index in [1.54, 1.807) is 18.3 Å². The Balaban J connectivity index is 2.17. The number of hydrogen-bond donors (Lipinski definition) is 1. The number of carbonyl (C=O) groups excluding carboxylic acids is 1. The van der Waals surface area contributed by atoms with Crippen LogP contribution in [0.4, 0.5) is 0 Å². The van der Waals surface area contributed by atoms with Crippen LogP contribution in [-0.4, -0.2) is 25.6 Å². The average molecular weight is 325 g/mol. The zero-order valence-electron chi connectivity index (χ0n) is 11.2. The summed E-state index contributed by atoms with van der Waals surface area (Å²) in [5, 5.41) is 2.77. The second kappa shape index (κ2) is 6.24. The molecule has 1 heterocycles. The predicted molar refractivity (Wildman–Crippen MR) is 80.0 cm³/mol. The molecule has 1 N–H and O–H groups in total. The van der Waals surface area contributed by atoms with Crippen molar-refractivity contribution in [2.75, 3.05) is 6.26 Å². The van der Waals surface area contributed by atoms with Gasteiger partial charge >= 0.3 is 0 Å². The van der Waals surface area contributed by atoms with E-state index in [1.807, 2.05) is 6.07 Å². The Morgan fingerprint density at radius 2 is 2.05 bits per heavy atom. The van der Waals surface area contributed by atoms with E-state index in [4.69, 9.17) is 11.6 Å². The number of halogens is 1. The quantitative estimate of drug-likeness (QED) is 0.934. The number of nitrogens with one attached hydrogen (secondary N) is 1. The van der Waals surface area contributed by atoms with Gasteiger partial charge in [0.15, 0.2) is 9.84 Å². The van der Waals surface area contributed by atoms with E-state index < -0.39 is 9.84 Å². The zero-order chi connectivity index (χ0) is 15.5. The van der Waals surface area contributed by atoms with Gasteiger partial charge in [-0.25, -0.2) is 8.42 Å². The fourth-order valence-corrected chi connectivity index (χ4v) is 3.01. The van der Waals surface area contributed by atoms with Gasteiger partial charge < -0.3 is 5.32 Å². The Bertz CT molecular complexity index is 761. The van der Waals surface area contributed by atoms with Crippen LogP contribution in [0.3, 0.4) is 0 Å². The van der Waals surface area contributed by atoms with Gasteiger partial charge in [0.05, 0.1) is 22.2 Å². The third kappa shape index (κ3) is 4.03. The van der Waals surface area contributed by atoms with Crippen molar-refractivity contribution in [3.05, 3.63) is 58.9 Å². The molecule has 110 valence electrons. The Morgan fingerprint density at radius 1 is 1.29 bits per heavy atom. The summed E-state index contributed by atoms with van der Waals surface area (Å²) in [4.78, 5) is 16.1. The van der Waals surface area contributed by atoms with Gasteiger partial charge in [-0.1, -0.05) is 17.7 Å². The molecule has 0 saturated carbocycles. The SMILES string of the molecule is CS(=O)(=O)c1cc(C(=O)NCc2ccccn2)ccc1Cl. The molecule has 0 aliphatic rings. The highest BCUT2D eigenvalue weighted by Gasteiger charge is 2.15. The lowest BCUT2D eigenvalue weighted by Gasteiger charge is -2.07. The van der Waals surface area contributed by atoms with Gasteiger partial charge in [-0.2, -0.15) is 0 Å². The maximum absolute atomic E-state index is 12.0. The molecule has 0 atom stereocenters. The lowest BCUT2D eigenvalue weighted by atomic mass is 10.2. The van der Waals surface area contributed by atoms with Gasteiger partial charge in [0.25, 0.3) is 5.91 Å². The largest absolute Gasteiger partial charge is 0.346 e. The van der Waals surface area contributed by atoms with Crippen molar-refractivity contribution in [2.24, 2.45) is 0 Å². The molecule has 1 amide bonds. The van der Waals surface area contributed by atoms with E-state index in [-0.39, 0.29) is 27.9 Å². The Hall–Kier alpha value is -1.92. The number of hydrogen-bond acceptors (Lipinski definition) is 4. The molecule has 0 unspecified atom stereocenters. The average Bonchev–Trinajstić information content (AvgIpc) is 2.45. The van der Waals surface area contributed by atoms with Crippen molar-refractivity contribution in [2.45, 2.75) is 11.4 Å². The highest BCUT2D eigenvalue weighted by Crippen LogP contribution is 2.22. The Kier molecular flexibility index (Phi) is 4.59. The molecule has 0 saturated heterocycles. The zero-order valence-corrected chi connectivity index (χ0v) is 12.8. The predicted octanol–water partition coefficient (Wildman–Crippen LogP) is 2.07. The van der Waals surface area contributed by atoms with Crippen molar-refractivity contribution in [3.63, 3.8) is 0 Å². The van der Waals surface area contributed by atoms with E-state index in [2.05, 4.69) is 10.3 Å². The van der Waals surface area contributed by atoms with Crippen molar-refractivity contribution in [1.82, 2.24) is 10.3 Å². The molecule has 2 aromatic rings. The molecule has 1 aromatic carbocycles. The molecule has 7 heteroatoms.